The van der Waals surface area contributed by atoms with Gasteiger partial charge in [0.25, 0.3) is 0 Å². The summed E-state index contributed by atoms with van der Waals surface area (Å²) in [5, 5.41) is 0. The molecule has 2 spiro atoms. The normalized spacial score (nSPS) is 23.6. The highest BCUT2D eigenvalue weighted by Crippen LogP contribution is 2.57. The van der Waals surface area contributed by atoms with Crippen LogP contribution in [0.3, 0.4) is 0 Å². The Morgan fingerprint density at radius 3 is 2.22 bits per heavy atom. The van der Waals surface area contributed by atoms with Crippen LogP contribution in [0.5, 0.6) is 0 Å². The van der Waals surface area contributed by atoms with Crippen molar-refractivity contribution in [2.24, 2.45) is 16.7 Å². The van der Waals surface area contributed by atoms with Crippen molar-refractivity contribution in [3.05, 3.63) is 59.4 Å². The summed E-state index contributed by atoms with van der Waals surface area (Å²) in [6.45, 7) is 3.17. The SMILES string of the molecule is CS(=O)c1cccc(CC2CC3(C2)CN(C(=O)N2CC4(CC(c5ccc(C(F)(F)F)nc5)C4)C2)C3)c1. The first-order valence-corrected chi connectivity index (χ1v) is 14.1. The molecule has 1 aromatic heterocycles. The largest absolute Gasteiger partial charge is 0.433 e. The average molecular weight is 518 g/mol. The second kappa shape index (κ2) is 8.30. The molecule has 0 radical (unpaired) electrons. The van der Waals surface area contributed by atoms with Gasteiger partial charge in [0.1, 0.15) is 5.69 Å². The molecule has 2 aliphatic carbocycles. The van der Waals surface area contributed by atoms with Crippen LogP contribution in [0.2, 0.25) is 0 Å². The number of amides is 2. The predicted molar refractivity (Wildman–Crippen MR) is 130 cm³/mol. The van der Waals surface area contributed by atoms with Crippen molar-refractivity contribution in [3.8, 4) is 0 Å². The van der Waals surface area contributed by atoms with Crippen LogP contribution in [0.15, 0.2) is 47.5 Å². The Balaban J connectivity index is 0.931. The van der Waals surface area contributed by atoms with E-state index in [9.17, 15) is 22.2 Å². The van der Waals surface area contributed by atoms with E-state index in [0.717, 1.165) is 74.8 Å². The third-order valence-corrected chi connectivity index (χ3v) is 9.67. The number of hydrogen-bond donors (Lipinski definition) is 0. The topological polar surface area (TPSA) is 53.5 Å². The van der Waals surface area contributed by atoms with Crippen LogP contribution in [-0.2, 0) is 23.4 Å². The summed E-state index contributed by atoms with van der Waals surface area (Å²) in [5.74, 6) is 0.857. The summed E-state index contributed by atoms with van der Waals surface area (Å²) in [6.07, 6.45) is 3.75. The smallest absolute Gasteiger partial charge is 0.323 e. The van der Waals surface area contributed by atoms with Crippen LogP contribution in [0.1, 0.15) is 48.4 Å². The van der Waals surface area contributed by atoms with E-state index in [1.807, 2.05) is 21.9 Å². The number of aromatic nitrogens is 1. The number of pyridine rings is 1. The third-order valence-electron chi connectivity index (χ3n) is 8.75. The minimum Gasteiger partial charge on any atom is -0.323 e. The van der Waals surface area contributed by atoms with E-state index in [4.69, 9.17) is 0 Å². The van der Waals surface area contributed by atoms with Gasteiger partial charge in [0.15, 0.2) is 0 Å². The van der Waals surface area contributed by atoms with E-state index < -0.39 is 22.7 Å². The maximum Gasteiger partial charge on any atom is 0.433 e. The molecule has 9 heteroatoms. The monoisotopic (exact) mass is 517 g/mol. The van der Waals surface area contributed by atoms with Gasteiger partial charge in [-0.15, -0.1) is 0 Å². The summed E-state index contributed by atoms with van der Waals surface area (Å²) in [5.41, 5.74) is 1.66. The maximum absolute atomic E-state index is 12.9. The molecular weight excluding hydrogens is 487 g/mol. The van der Waals surface area contributed by atoms with Gasteiger partial charge in [-0.2, -0.15) is 13.2 Å². The lowest BCUT2D eigenvalue weighted by Crippen LogP contribution is -2.70. The second-order valence-corrected chi connectivity index (χ2v) is 13.0. The number of urea groups is 1. The second-order valence-electron chi connectivity index (χ2n) is 11.7. The van der Waals surface area contributed by atoms with Crippen molar-refractivity contribution in [1.29, 1.82) is 0 Å². The Hall–Kier alpha value is -2.42. The van der Waals surface area contributed by atoms with E-state index in [1.54, 1.807) is 12.3 Å². The number of hydrogen-bond acceptors (Lipinski definition) is 3. The lowest BCUT2D eigenvalue weighted by molar-refractivity contribution is -0.141. The predicted octanol–water partition coefficient (Wildman–Crippen LogP) is 5.09. The molecule has 2 saturated carbocycles. The molecule has 2 aromatic rings. The van der Waals surface area contributed by atoms with E-state index in [0.29, 0.717) is 5.92 Å². The molecule has 1 aromatic carbocycles. The van der Waals surface area contributed by atoms with E-state index >= 15 is 0 Å². The molecule has 2 saturated heterocycles. The van der Waals surface area contributed by atoms with Crippen molar-refractivity contribution in [2.75, 3.05) is 32.4 Å². The Kier molecular flexibility index (Phi) is 5.52. The molecule has 2 aliphatic heterocycles. The molecule has 5 nitrogen and oxygen atoms in total. The third kappa shape index (κ3) is 4.23. The standard InChI is InChI=1S/C27H30F3N3O2S/c1-36(35)22-4-2-3-18(8-22)7-19-9-25(10-19)14-32(15-25)24(34)33-16-26(17-33)11-21(12-26)20-5-6-23(31-13-20)27(28,29)30/h2-6,8,13,19,21H,7,9-12,14-17H2,1H3. The van der Waals surface area contributed by atoms with Gasteiger partial charge in [0.2, 0.25) is 0 Å². The molecule has 1 atom stereocenters. The molecule has 3 heterocycles. The van der Waals surface area contributed by atoms with Gasteiger partial charge in [-0.05, 0) is 73.3 Å². The van der Waals surface area contributed by atoms with Gasteiger partial charge in [0.05, 0.1) is 0 Å². The minimum atomic E-state index is -4.41. The zero-order valence-corrected chi connectivity index (χ0v) is 21.1. The van der Waals surface area contributed by atoms with Gasteiger partial charge >= 0.3 is 12.2 Å². The minimum absolute atomic E-state index is 0.129. The summed E-state index contributed by atoms with van der Waals surface area (Å²) in [7, 11) is -0.961. The number of halogens is 3. The average Bonchev–Trinajstić information content (AvgIpc) is 2.72. The number of carbonyl (C=O) groups is 1. The zero-order chi connectivity index (χ0) is 25.3. The Morgan fingerprint density at radius 1 is 1.03 bits per heavy atom. The van der Waals surface area contributed by atoms with Gasteiger partial charge in [-0.25, -0.2) is 4.79 Å². The number of nitrogens with zero attached hydrogens (tertiary/aromatic N) is 3. The number of carbonyl (C=O) groups excluding carboxylic acids is 1. The fourth-order valence-corrected chi connectivity index (χ4v) is 7.63. The maximum atomic E-state index is 12.9. The quantitative estimate of drug-likeness (QED) is 0.568. The molecule has 0 bridgehead atoms. The molecule has 192 valence electrons. The van der Waals surface area contributed by atoms with Crippen molar-refractivity contribution < 1.29 is 22.2 Å². The van der Waals surface area contributed by atoms with Crippen LogP contribution in [-0.4, -0.2) is 57.5 Å². The van der Waals surface area contributed by atoms with Crippen molar-refractivity contribution in [1.82, 2.24) is 14.8 Å². The van der Waals surface area contributed by atoms with E-state index in [2.05, 4.69) is 17.1 Å². The molecular formula is C27H30F3N3O2S. The number of rotatable bonds is 4. The van der Waals surface area contributed by atoms with Crippen LogP contribution in [0.25, 0.3) is 0 Å². The Labute approximate surface area is 211 Å². The van der Waals surface area contributed by atoms with Gasteiger partial charge in [-0.1, -0.05) is 18.2 Å². The fourth-order valence-electron chi connectivity index (χ4n) is 7.04. The first kappa shape index (κ1) is 23.9. The van der Waals surface area contributed by atoms with Crippen molar-refractivity contribution >= 4 is 16.8 Å². The molecule has 4 fully saturated rings. The highest BCUT2D eigenvalue weighted by Gasteiger charge is 2.58. The summed E-state index contributed by atoms with van der Waals surface area (Å²) in [4.78, 5) is 21.3. The first-order valence-electron chi connectivity index (χ1n) is 12.5. The van der Waals surface area contributed by atoms with Crippen molar-refractivity contribution in [2.45, 2.75) is 49.1 Å². The van der Waals surface area contributed by atoms with Crippen LogP contribution >= 0.6 is 0 Å². The van der Waals surface area contributed by atoms with Crippen molar-refractivity contribution in [3.63, 3.8) is 0 Å². The van der Waals surface area contributed by atoms with Gasteiger partial charge in [-0.3, -0.25) is 9.19 Å². The highest BCUT2D eigenvalue weighted by molar-refractivity contribution is 7.84. The molecule has 1 unspecified atom stereocenters. The Morgan fingerprint density at radius 2 is 1.67 bits per heavy atom. The molecule has 6 rings (SSSR count). The van der Waals surface area contributed by atoms with Crippen LogP contribution < -0.4 is 0 Å². The Bertz CT molecular complexity index is 1190. The molecule has 4 aliphatic rings. The number of benzene rings is 1. The lowest BCUT2D eigenvalue weighted by atomic mass is 9.55. The molecule has 36 heavy (non-hydrogen) atoms. The summed E-state index contributed by atoms with van der Waals surface area (Å²) < 4.78 is 49.9. The lowest BCUT2D eigenvalue weighted by Gasteiger charge is -2.63. The zero-order valence-electron chi connectivity index (χ0n) is 20.3. The fraction of sp³-hybridized carbons (Fsp3) is 0.556. The van der Waals surface area contributed by atoms with Crippen LogP contribution in [0.4, 0.5) is 18.0 Å². The summed E-state index contributed by atoms with van der Waals surface area (Å²) >= 11 is 0. The summed E-state index contributed by atoms with van der Waals surface area (Å²) in [6, 6.07) is 10.8. The van der Waals surface area contributed by atoms with E-state index in [1.165, 1.54) is 11.8 Å². The van der Waals surface area contributed by atoms with Gasteiger partial charge < -0.3 is 9.80 Å². The number of likely N-dealkylation sites (tertiary alicyclic amines) is 2. The molecule has 0 N–H and O–H groups in total. The highest BCUT2D eigenvalue weighted by atomic mass is 32.2. The first-order chi connectivity index (χ1) is 17.0. The van der Waals surface area contributed by atoms with E-state index in [-0.39, 0.29) is 22.8 Å². The molecule has 2 amide bonds. The number of alkyl halides is 3. The van der Waals surface area contributed by atoms with Crippen LogP contribution in [0, 0.1) is 16.7 Å². The van der Waals surface area contributed by atoms with Gasteiger partial charge in [0, 0.05) is 65.2 Å².